The molecule has 0 amide bonds. The Kier molecular flexibility index (Phi) is 2.51. The molecule has 0 unspecified atom stereocenters. The van der Waals surface area contributed by atoms with Gasteiger partial charge >= 0.3 is 0 Å². The molecule has 0 aliphatic rings. The summed E-state index contributed by atoms with van der Waals surface area (Å²) in [6.45, 7) is 0. The summed E-state index contributed by atoms with van der Waals surface area (Å²) in [6, 6.07) is 0. The molecule has 0 saturated carbocycles. The van der Waals surface area contributed by atoms with E-state index in [4.69, 9.17) is 5.73 Å². The molecule has 0 bridgehead atoms. The van der Waals surface area contributed by atoms with Crippen molar-refractivity contribution in [3.05, 3.63) is 0 Å². The van der Waals surface area contributed by atoms with Crippen molar-refractivity contribution in [1.82, 2.24) is 19.9 Å². The number of hydrogen-bond donors (Lipinski definition) is 2. The zero-order valence-electron chi connectivity index (χ0n) is 7.74. The molecule has 0 saturated heterocycles. The molecule has 74 valence electrons. The average Bonchev–Trinajstić information content (AvgIpc) is 2.61. The highest BCUT2D eigenvalue weighted by Crippen LogP contribution is 2.21. The van der Waals surface area contributed by atoms with E-state index in [1.807, 2.05) is 12.5 Å². The number of nitrogens with one attached hydrogen (secondary N) is 1. The van der Waals surface area contributed by atoms with Crippen LogP contribution in [0.1, 0.15) is 0 Å². The maximum absolute atomic E-state index is 5.76. The van der Waals surface area contributed by atoms with Crippen LogP contribution in [-0.4, -0.2) is 32.4 Å². The zero-order chi connectivity index (χ0) is 10.1. The molecule has 0 spiro atoms. The summed E-state index contributed by atoms with van der Waals surface area (Å²) in [7, 11) is 0. The van der Waals surface area contributed by atoms with Crippen LogP contribution in [0.15, 0.2) is 10.3 Å². The lowest BCUT2D eigenvalue weighted by Gasteiger charge is -1.96. The van der Waals surface area contributed by atoms with Gasteiger partial charge in [0.15, 0.2) is 21.8 Å². The molecule has 0 aromatic carbocycles. The number of aromatic amines is 1. The van der Waals surface area contributed by atoms with Crippen LogP contribution in [0.5, 0.6) is 0 Å². The Morgan fingerprint density at radius 3 is 2.57 bits per heavy atom. The van der Waals surface area contributed by atoms with Gasteiger partial charge in [-0.25, -0.2) is 15.0 Å². The molecule has 0 radical (unpaired) electrons. The number of thioether (sulfide) groups is 2. The molecule has 5 nitrogen and oxygen atoms in total. The number of rotatable bonds is 2. The van der Waals surface area contributed by atoms with E-state index in [9.17, 15) is 0 Å². The average molecular weight is 227 g/mol. The van der Waals surface area contributed by atoms with Crippen molar-refractivity contribution >= 4 is 40.5 Å². The van der Waals surface area contributed by atoms with Crippen LogP contribution in [0, 0.1) is 0 Å². The first-order valence-corrected chi connectivity index (χ1v) is 6.30. The Hall–Kier alpha value is -0.950. The summed E-state index contributed by atoms with van der Waals surface area (Å²) < 4.78 is 0. The molecule has 14 heavy (non-hydrogen) atoms. The first-order chi connectivity index (χ1) is 6.74. The van der Waals surface area contributed by atoms with Crippen molar-refractivity contribution in [3.8, 4) is 0 Å². The summed E-state index contributed by atoms with van der Waals surface area (Å²) in [5, 5.41) is 1.45. The third-order valence-electron chi connectivity index (χ3n) is 1.71. The predicted molar refractivity (Wildman–Crippen MR) is 59.7 cm³/mol. The van der Waals surface area contributed by atoms with E-state index in [1.54, 1.807) is 0 Å². The lowest BCUT2D eigenvalue weighted by Crippen LogP contribution is -1.95. The fourth-order valence-corrected chi connectivity index (χ4v) is 1.81. The van der Waals surface area contributed by atoms with Gasteiger partial charge in [-0.1, -0.05) is 23.5 Å². The Morgan fingerprint density at radius 2 is 1.93 bits per heavy atom. The molecule has 0 aliphatic carbocycles. The fourth-order valence-electron chi connectivity index (χ4n) is 1.06. The van der Waals surface area contributed by atoms with Gasteiger partial charge in [-0.2, -0.15) is 0 Å². The van der Waals surface area contributed by atoms with Crippen LogP contribution in [0.2, 0.25) is 0 Å². The Bertz CT molecular complexity index is 466. The number of fused-ring (bicyclic) bond motifs is 1. The van der Waals surface area contributed by atoms with Crippen LogP contribution < -0.4 is 5.73 Å². The molecular formula is C7H9N5S2. The van der Waals surface area contributed by atoms with Crippen molar-refractivity contribution in [2.24, 2.45) is 0 Å². The maximum Gasteiger partial charge on any atom is 0.191 e. The fraction of sp³-hybridized carbons (Fsp3) is 0.286. The molecular weight excluding hydrogens is 218 g/mol. The quantitative estimate of drug-likeness (QED) is 0.596. The van der Waals surface area contributed by atoms with Crippen molar-refractivity contribution in [3.63, 3.8) is 0 Å². The first kappa shape index (κ1) is 9.60. The topological polar surface area (TPSA) is 80.5 Å². The summed E-state index contributed by atoms with van der Waals surface area (Å²) in [5.74, 6) is 0.451. The lowest BCUT2D eigenvalue weighted by molar-refractivity contribution is 1.000. The lowest BCUT2D eigenvalue weighted by atomic mass is 10.5. The summed E-state index contributed by atoms with van der Waals surface area (Å²) >= 11 is 2.97. The normalized spacial score (nSPS) is 11.0. The first-order valence-electron chi connectivity index (χ1n) is 3.86. The van der Waals surface area contributed by atoms with E-state index < -0.39 is 0 Å². The van der Waals surface area contributed by atoms with Crippen LogP contribution in [0.4, 0.5) is 5.82 Å². The second-order valence-electron chi connectivity index (χ2n) is 2.54. The number of nitrogens with zero attached hydrogens (tertiary/aromatic N) is 3. The minimum Gasteiger partial charge on any atom is -0.382 e. The second-order valence-corrected chi connectivity index (χ2v) is 4.11. The van der Waals surface area contributed by atoms with E-state index in [2.05, 4.69) is 19.9 Å². The Balaban J connectivity index is 2.67. The van der Waals surface area contributed by atoms with E-state index in [0.717, 1.165) is 5.16 Å². The van der Waals surface area contributed by atoms with Crippen molar-refractivity contribution in [2.75, 3.05) is 18.2 Å². The maximum atomic E-state index is 5.76. The van der Waals surface area contributed by atoms with Gasteiger partial charge in [0.2, 0.25) is 0 Å². The Labute approximate surface area is 89.3 Å². The number of nitrogen functional groups attached to an aromatic ring is 1. The third kappa shape index (κ3) is 1.53. The van der Waals surface area contributed by atoms with Gasteiger partial charge in [0.1, 0.15) is 5.52 Å². The molecule has 2 heterocycles. The summed E-state index contributed by atoms with van der Waals surface area (Å²) in [4.78, 5) is 15.7. The van der Waals surface area contributed by atoms with Gasteiger partial charge < -0.3 is 10.7 Å². The van der Waals surface area contributed by atoms with Crippen LogP contribution >= 0.6 is 23.5 Å². The molecule has 2 aromatic rings. The van der Waals surface area contributed by atoms with Gasteiger partial charge in [-0.05, 0) is 12.5 Å². The minimum absolute atomic E-state index is 0.451. The molecule has 0 atom stereocenters. The van der Waals surface area contributed by atoms with Crippen LogP contribution in [0.3, 0.4) is 0 Å². The third-order valence-corrected chi connectivity index (χ3v) is 2.84. The molecule has 7 heteroatoms. The molecule has 3 N–H and O–H groups in total. The second kappa shape index (κ2) is 3.66. The highest BCUT2D eigenvalue weighted by molar-refractivity contribution is 7.98. The van der Waals surface area contributed by atoms with Crippen LogP contribution in [0.25, 0.3) is 11.2 Å². The van der Waals surface area contributed by atoms with E-state index >= 15 is 0 Å². The summed E-state index contributed by atoms with van der Waals surface area (Å²) in [6.07, 6.45) is 3.85. The highest BCUT2D eigenvalue weighted by Gasteiger charge is 2.09. The smallest absolute Gasteiger partial charge is 0.191 e. The molecule has 0 fully saturated rings. The van der Waals surface area contributed by atoms with Gasteiger partial charge in [0.05, 0.1) is 0 Å². The van der Waals surface area contributed by atoms with Crippen LogP contribution in [-0.2, 0) is 0 Å². The molecule has 2 aromatic heterocycles. The number of imidazole rings is 1. The minimum atomic E-state index is 0.451. The molecule has 2 rings (SSSR count). The number of anilines is 1. The summed E-state index contributed by atoms with van der Waals surface area (Å²) in [5.41, 5.74) is 7.10. The number of H-pyrrole nitrogens is 1. The zero-order valence-corrected chi connectivity index (χ0v) is 9.37. The number of nitrogens with two attached hydrogens (primary N) is 1. The van der Waals surface area contributed by atoms with Crippen molar-refractivity contribution in [1.29, 1.82) is 0 Å². The highest BCUT2D eigenvalue weighted by atomic mass is 32.2. The van der Waals surface area contributed by atoms with E-state index in [0.29, 0.717) is 22.1 Å². The molecule has 0 aliphatic heterocycles. The van der Waals surface area contributed by atoms with Gasteiger partial charge in [0.25, 0.3) is 0 Å². The Morgan fingerprint density at radius 1 is 1.14 bits per heavy atom. The SMILES string of the molecule is CSc1nc(N)c2[nH]c(SC)nc2n1. The number of hydrogen-bond acceptors (Lipinski definition) is 6. The standard InChI is InChI=1S/C7H9N5S2/c1-13-6-9-3-4(8)10-7(14-2)12-5(3)11-6/h1-2H3,(H3,8,9,10,11,12). The van der Waals surface area contributed by atoms with Gasteiger partial charge in [-0.15, -0.1) is 0 Å². The van der Waals surface area contributed by atoms with E-state index in [-0.39, 0.29) is 0 Å². The monoisotopic (exact) mass is 227 g/mol. The van der Waals surface area contributed by atoms with Gasteiger partial charge in [0, 0.05) is 0 Å². The van der Waals surface area contributed by atoms with E-state index in [1.165, 1.54) is 23.5 Å². The van der Waals surface area contributed by atoms with Crippen molar-refractivity contribution in [2.45, 2.75) is 10.3 Å². The predicted octanol–water partition coefficient (Wildman–Crippen LogP) is 1.38. The largest absolute Gasteiger partial charge is 0.382 e. The van der Waals surface area contributed by atoms with Gasteiger partial charge in [-0.3, -0.25) is 0 Å². The van der Waals surface area contributed by atoms with Crippen molar-refractivity contribution < 1.29 is 0 Å². The number of aromatic nitrogens is 4.